The van der Waals surface area contributed by atoms with E-state index in [2.05, 4.69) is 42.2 Å². The van der Waals surface area contributed by atoms with E-state index in [1.54, 1.807) is 0 Å². The van der Waals surface area contributed by atoms with E-state index < -0.39 is 0 Å². The molecular formula is C14H16ClN3. The molecule has 1 heterocycles. The Morgan fingerprint density at radius 3 is 2.61 bits per heavy atom. The van der Waals surface area contributed by atoms with Gasteiger partial charge in [-0.2, -0.15) is 0 Å². The largest absolute Gasteiger partial charge is 0.269 e. The number of rotatable bonds is 3. The van der Waals surface area contributed by atoms with Crippen molar-refractivity contribution in [1.29, 1.82) is 0 Å². The first kappa shape index (κ1) is 11.7. The lowest BCUT2D eigenvalue weighted by Gasteiger charge is -2.15. The molecule has 4 heteroatoms. The van der Waals surface area contributed by atoms with Crippen LogP contribution in [-0.2, 0) is 0 Å². The Morgan fingerprint density at radius 2 is 1.94 bits per heavy atom. The molecule has 94 valence electrons. The normalized spacial score (nSPS) is 15.3. The molecular weight excluding hydrogens is 246 g/mol. The third-order valence-corrected chi connectivity index (χ3v) is 3.64. The molecule has 0 aliphatic heterocycles. The van der Waals surface area contributed by atoms with Crippen LogP contribution in [0.1, 0.15) is 49.9 Å². The maximum absolute atomic E-state index is 6.22. The van der Waals surface area contributed by atoms with Gasteiger partial charge < -0.3 is 0 Å². The summed E-state index contributed by atoms with van der Waals surface area (Å²) in [5, 5.41) is 8.73. The van der Waals surface area contributed by atoms with Crippen LogP contribution in [0.4, 0.5) is 0 Å². The molecule has 0 spiro atoms. The fraction of sp³-hybridized carbons (Fsp3) is 0.429. The third-order valence-electron chi connectivity index (χ3n) is 3.39. The van der Waals surface area contributed by atoms with Gasteiger partial charge in [0.1, 0.15) is 5.82 Å². The Kier molecular flexibility index (Phi) is 2.86. The van der Waals surface area contributed by atoms with Gasteiger partial charge >= 0.3 is 0 Å². The number of benzene rings is 1. The lowest BCUT2D eigenvalue weighted by atomic mass is 10.0. The van der Waals surface area contributed by atoms with Crippen LogP contribution in [0.5, 0.6) is 0 Å². The fourth-order valence-electron chi connectivity index (χ4n) is 2.28. The molecule has 0 amide bonds. The first-order valence-electron chi connectivity index (χ1n) is 6.38. The molecule has 1 aromatic heterocycles. The second-order valence-electron chi connectivity index (χ2n) is 5.15. The molecule has 0 bridgehead atoms. The highest BCUT2D eigenvalue weighted by atomic mass is 35.5. The summed E-state index contributed by atoms with van der Waals surface area (Å²) in [5.41, 5.74) is 2.39. The maximum Gasteiger partial charge on any atom is 0.229 e. The van der Waals surface area contributed by atoms with Gasteiger partial charge in [-0.25, -0.2) is 0 Å². The second-order valence-corrected chi connectivity index (χ2v) is 5.49. The number of para-hydroxylation sites is 1. The number of hydrogen-bond donors (Lipinski definition) is 0. The van der Waals surface area contributed by atoms with Crippen LogP contribution in [0.15, 0.2) is 24.3 Å². The summed E-state index contributed by atoms with van der Waals surface area (Å²) in [6.07, 6.45) is 2.39. The summed E-state index contributed by atoms with van der Waals surface area (Å²) in [5.74, 6) is 1.99. The van der Waals surface area contributed by atoms with Crippen molar-refractivity contribution in [3.63, 3.8) is 0 Å². The molecule has 1 aliphatic rings. The van der Waals surface area contributed by atoms with Crippen LogP contribution in [-0.4, -0.2) is 14.8 Å². The van der Waals surface area contributed by atoms with E-state index in [1.165, 1.54) is 18.4 Å². The van der Waals surface area contributed by atoms with E-state index in [-0.39, 0.29) is 0 Å². The molecule has 0 atom stereocenters. The van der Waals surface area contributed by atoms with Crippen molar-refractivity contribution in [2.75, 3.05) is 0 Å². The summed E-state index contributed by atoms with van der Waals surface area (Å²) >= 11 is 6.22. The molecule has 2 aromatic rings. The standard InChI is InChI=1S/C14H16ClN3/c1-9(2)11-5-3-4-6-12(11)18-13(10-7-8-10)16-17-14(18)15/h3-6,9-10H,7-8H2,1-2H3. The van der Waals surface area contributed by atoms with Crippen LogP contribution in [0, 0.1) is 0 Å². The summed E-state index contributed by atoms with van der Waals surface area (Å²) in [6.45, 7) is 4.38. The Labute approximate surface area is 112 Å². The maximum atomic E-state index is 6.22. The monoisotopic (exact) mass is 261 g/mol. The molecule has 3 nitrogen and oxygen atoms in total. The van der Waals surface area contributed by atoms with E-state index in [1.807, 2.05) is 10.6 Å². The minimum absolute atomic E-state index is 0.451. The lowest BCUT2D eigenvalue weighted by molar-refractivity contribution is 0.819. The number of nitrogens with zero attached hydrogens (tertiary/aromatic N) is 3. The van der Waals surface area contributed by atoms with Gasteiger partial charge in [-0.3, -0.25) is 4.57 Å². The summed E-state index contributed by atoms with van der Waals surface area (Å²) in [7, 11) is 0. The smallest absolute Gasteiger partial charge is 0.229 e. The fourth-order valence-corrected chi connectivity index (χ4v) is 2.50. The van der Waals surface area contributed by atoms with Gasteiger partial charge in [0.15, 0.2) is 0 Å². The molecule has 1 aromatic carbocycles. The van der Waals surface area contributed by atoms with Gasteiger partial charge in [-0.1, -0.05) is 32.0 Å². The van der Waals surface area contributed by atoms with Gasteiger partial charge in [0.05, 0.1) is 5.69 Å². The second kappa shape index (κ2) is 4.39. The molecule has 1 fully saturated rings. The molecule has 0 unspecified atom stereocenters. The predicted octanol–water partition coefficient (Wildman–Crippen LogP) is 3.92. The minimum Gasteiger partial charge on any atom is -0.269 e. The number of halogens is 1. The summed E-state index contributed by atoms with van der Waals surface area (Å²) in [6, 6.07) is 8.34. The lowest BCUT2D eigenvalue weighted by Crippen LogP contribution is -2.05. The van der Waals surface area contributed by atoms with E-state index >= 15 is 0 Å². The van der Waals surface area contributed by atoms with Crippen molar-refractivity contribution in [3.8, 4) is 5.69 Å². The van der Waals surface area contributed by atoms with Crippen molar-refractivity contribution in [3.05, 3.63) is 40.9 Å². The van der Waals surface area contributed by atoms with Crippen molar-refractivity contribution in [2.45, 2.75) is 38.5 Å². The Balaban J connectivity index is 2.17. The molecule has 1 aliphatic carbocycles. The van der Waals surface area contributed by atoms with Gasteiger partial charge in [0.25, 0.3) is 0 Å². The summed E-state index contributed by atoms with van der Waals surface area (Å²) < 4.78 is 2.01. The molecule has 18 heavy (non-hydrogen) atoms. The zero-order valence-corrected chi connectivity index (χ0v) is 11.4. The molecule has 3 rings (SSSR count). The topological polar surface area (TPSA) is 30.7 Å². The van der Waals surface area contributed by atoms with Crippen LogP contribution in [0.3, 0.4) is 0 Å². The highest BCUT2D eigenvalue weighted by Gasteiger charge is 2.31. The average Bonchev–Trinajstić information content (AvgIpc) is 3.13. The minimum atomic E-state index is 0.451. The van der Waals surface area contributed by atoms with E-state index in [9.17, 15) is 0 Å². The Hall–Kier alpha value is -1.35. The molecule has 0 saturated heterocycles. The summed E-state index contributed by atoms with van der Waals surface area (Å²) in [4.78, 5) is 0. The van der Waals surface area contributed by atoms with E-state index in [0.29, 0.717) is 17.1 Å². The quantitative estimate of drug-likeness (QED) is 0.838. The van der Waals surface area contributed by atoms with Crippen LogP contribution in [0.2, 0.25) is 5.28 Å². The number of aromatic nitrogens is 3. The highest BCUT2D eigenvalue weighted by molar-refractivity contribution is 6.28. The van der Waals surface area contributed by atoms with Crippen molar-refractivity contribution in [1.82, 2.24) is 14.8 Å². The zero-order valence-electron chi connectivity index (χ0n) is 10.6. The van der Waals surface area contributed by atoms with Crippen molar-refractivity contribution < 1.29 is 0 Å². The first-order valence-corrected chi connectivity index (χ1v) is 6.76. The predicted molar refractivity (Wildman–Crippen MR) is 72.4 cm³/mol. The SMILES string of the molecule is CC(C)c1ccccc1-n1c(Cl)nnc1C1CC1. The number of hydrogen-bond acceptors (Lipinski definition) is 2. The van der Waals surface area contributed by atoms with Gasteiger partial charge in [-0.05, 0) is 42.0 Å². The van der Waals surface area contributed by atoms with Crippen LogP contribution >= 0.6 is 11.6 Å². The molecule has 1 saturated carbocycles. The van der Waals surface area contributed by atoms with Gasteiger partial charge in [-0.15, -0.1) is 10.2 Å². The molecule has 0 radical (unpaired) electrons. The van der Waals surface area contributed by atoms with Gasteiger partial charge in [0.2, 0.25) is 5.28 Å². The Morgan fingerprint density at radius 1 is 1.22 bits per heavy atom. The van der Waals surface area contributed by atoms with Gasteiger partial charge in [0, 0.05) is 5.92 Å². The van der Waals surface area contributed by atoms with Crippen LogP contribution in [0.25, 0.3) is 5.69 Å². The van der Waals surface area contributed by atoms with Crippen molar-refractivity contribution in [2.24, 2.45) is 0 Å². The molecule has 0 N–H and O–H groups in total. The zero-order chi connectivity index (χ0) is 12.7. The average molecular weight is 262 g/mol. The third kappa shape index (κ3) is 1.93. The Bertz CT molecular complexity index is 570. The van der Waals surface area contributed by atoms with Crippen molar-refractivity contribution >= 4 is 11.6 Å². The van der Waals surface area contributed by atoms with E-state index in [0.717, 1.165) is 11.5 Å². The first-order chi connectivity index (χ1) is 8.68. The highest BCUT2D eigenvalue weighted by Crippen LogP contribution is 2.41. The van der Waals surface area contributed by atoms with E-state index in [4.69, 9.17) is 11.6 Å². The van der Waals surface area contributed by atoms with Crippen LogP contribution < -0.4 is 0 Å².